The van der Waals surface area contributed by atoms with Crippen molar-refractivity contribution in [2.24, 2.45) is 11.7 Å². The first-order valence-electron chi connectivity index (χ1n) is 6.84. The van der Waals surface area contributed by atoms with Crippen LogP contribution in [0, 0.1) is 5.92 Å². The zero-order chi connectivity index (χ0) is 12.3. The Hall–Kier alpha value is -0.610. The van der Waals surface area contributed by atoms with E-state index in [4.69, 9.17) is 10.5 Å². The number of nitrogens with zero attached hydrogens (tertiary/aromatic N) is 1. The standard InChI is InChI=1S/C13H24N2O2/c1-10(14)12-9-15(7-8-17-12)13(16)11-5-3-2-4-6-11/h10-12H,2-9,14H2,1H3. The van der Waals surface area contributed by atoms with Crippen LogP contribution in [0.5, 0.6) is 0 Å². The van der Waals surface area contributed by atoms with E-state index in [0.717, 1.165) is 19.4 Å². The van der Waals surface area contributed by atoms with Crippen molar-refractivity contribution < 1.29 is 9.53 Å². The van der Waals surface area contributed by atoms with Crippen LogP contribution in [0.2, 0.25) is 0 Å². The molecule has 17 heavy (non-hydrogen) atoms. The van der Waals surface area contributed by atoms with Crippen LogP contribution in [0.1, 0.15) is 39.0 Å². The molecule has 1 saturated carbocycles. The molecular weight excluding hydrogens is 216 g/mol. The fourth-order valence-corrected chi connectivity index (χ4v) is 2.80. The van der Waals surface area contributed by atoms with Gasteiger partial charge in [0.05, 0.1) is 12.7 Å². The fraction of sp³-hybridized carbons (Fsp3) is 0.923. The van der Waals surface area contributed by atoms with E-state index in [2.05, 4.69) is 0 Å². The van der Waals surface area contributed by atoms with Crippen molar-refractivity contribution in [3.63, 3.8) is 0 Å². The van der Waals surface area contributed by atoms with Crippen molar-refractivity contribution in [3.8, 4) is 0 Å². The van der Waals surface area contributed by atoms with E-state index >= 15 is 0 Å². The predicted octanol–water partition coefficient (Wildman–Crippen LogP) is 1.14. The molecule has 0 aromatic heterocycles. The van der Waals surface area contributed by atoms with Gasteiger partial charge in [-0.2, -0.15) is 0 Å². The largest absolute Gasteiger partial charge is 0.373 e. The summed E-state index contributed by atoms with van der Waals surface area (Å²) in [5.41, 5.74) is 5.84. The summed E-state index contributed by atoms with van der Waals surface area (Å²) in [6.45, 7) is 3.98. The molecule has 4 heteroatoms. The molecule has 0 bridgehead atoms. The molecule has 98 valence electrons. The maximum atomic E-state index is 12.4. The molecule has 4 nitrogen and oxygen atoms in total. The summed E-state index contributed by atoms with van der Waals surface area (Å²) in [5, 5.41) is 0. The van der Waals surface area contributed by atoms with Crippen LogP contribution in [0.3, 0.4) is 0 Å². The van der Waals surface area contributed by atoms with Gasteiger partial charge >= 0.3 is 0 Å². The summed E-state index contributed by atoms with van der Waals surface area (Å²) in [6, 6.07) is -0.00282. The highest BCUT2D eigenvalue weighted by Gasteiger charge is 2.31. The maximum Gasteiger partial charge on any atom is 0.225 e. The predicted molar refractivity (Wildman–Crippen MR) is 66.5 cm³/mol. The molecule has 1 amide bonds. The van der Waals surface area contributed by atoms with Gasteiger partial charge in [-0.1, -0.05) is 19.3 Å². The first-order valence-corrected chi connectivity index (χ1v) is 6.84. The van der Waals surface area contributed by atoms with Gasteiger partial charge in [0.15, 0.2) is 0 Å². The molecule has 0 aromatic rings. The van der Waals surface area contributed by atoms with Gasteiger partial charge in [-0.3, -0.25) is 4.79 Å². The molecule has 2 fully saturated rings. The topological polar surface area (TPSA) is 55.6 Å². The number of rotatable bonds is 2. The Balaban J connectivity index is 1.89. The van der Waals surface area contributed by atoms with Crippen molar-refractivity contribution in [1.29, 1.82) is 0 Å². The summed E-state index contributed by atoms with van der Waals surface area (Å²) >= 11 is 0. The summed E-state index contributed by atoms with van der Waals surface area (Å²) < 4.78 is 5.59. The van der Waals surface area contributed by atoms with E-state index in [1.165, 1.54) is 19.3 Å². The van der Waals surface area contributed by atoms with Crippen molar-refractivity contribution in [3.05, 3.63) is 0 Å². The van der Waals surface area contributed by atoms with Crippen LogP contribution < -0.4 is 5.73 Å². The van der Waals surface area contributed by atoms with E-state index < -0.39 is 0 Å². The number of hydrogen-bond acceptors (Lipinski definition) is 3. The lowest BCUT2D eigenvalue weighted by atomic mass is 9.88. The Bertz CT molecular complexity index is 262. The van der Waals surface area contributed by atoms with Gasteiger partial charge in [-0.15, -0.1) is 0 Å². The molecule has 0 spiro atoms. The SMILES string of the molecule is CC(N)C1CN(C(=O)C2CCCCC2)CCO1. The van der Waals surface area contributed by atoms with E-state index in [1.54, 1.807) is 0 Å². The molecular formula is C13H24N2O2. The zero-order valence-corrected chi connectivity index (χ0v) is 10.7. The van der Waals surface area contributed by atoms with Gasteiger partial charge < -0.3 is 15.4 Å². The molecule has 2 unspecified atom stereocenters. The van der Waals surface area contributed by atoms with Gasteiger partial charge in [0.25, 0.3) is 0 Å². The Kier molecular flexibility index (Phi) is 4.40. The molecule has 2 atom stereocenters. The quantitative estimate of drug-likeness (QED) is 0.787. The molecule has 1 aliphatic carbocycles. The van der Waals surface area contributed by atoms with E-state index in [0.29, 0.717) is 19.1 Å². The lowest BCUT2D eigenvalue weighted by molar-refractivity contribution is -0.144. The van der Waals surface area contributed by atoms with Gasteiger partial charge in [0, 0.05) is 25.0 Å². The van der Waals surface area contributed by atoms with Gasteiger partial charge in [0.1, 0.15) is 0 Å². The average Bonchev–Trinajstić information content (AvgIpc) is 2.39. The third-order valence-corrected chi connectivity index (χ3v) is 3.95. The Morgan fingerprint density at radius 3 is 2.71 bits per heavy atom. The van der Waals surface area contributed by atoms with Crippen LogP contribution in [-0.4, -0.2) is 42.6 Å². The number of morpholine rings is 1. The minimum absolute atomic E-state index is 0.00282. The van der Waals surface area contributed by atoms with Crippen LogP contribution in [-0.2, 0) is 9.53 Å². The maximum absolute atomic E-state index is 12.4. The van der Waals surface area contributed by atoms with Crippen molar-refractivity contribution in [2.75, 3.05) is 19.7 Å². The Labute approximate surface area is 103 Å². The van der Waals surface area contributed by atoms with E-state index in [-0.39, 0.29) is 18.1 Å². The first-order chi connectivity index (χ1) is 8.18. The third kappa shape index (κ3) is 3.19. The Morgan fingerprint density at radius 2 is 2.06 bits per heavy atom. The second-order valence-electron chi connectivity index (χ2n) is 5.39. The van der Waals surface area contributed by atoms with Gasteiger partial charge in [-0.05, 0) is 19.8 Å². The molecule has 2 aliphatic rings. The van der Waals surface area contributed by atoms with E-state index in [9.17, 15) is 4.79 Å². The minimum atomic E-state index is -0.00282. The summed E-state index contributed by atoms with van der Waals surface area (Å²) in [4.78, 5) is 14.3. The lowest BCUT2D eigenvalue weighted by Crippen LogP contribution is -2.52. The van der Waals surface area contributed by atoms with Crippen molar-refractivity contribution >= 4 is 5.91 Å². The Morgan fingerprint density at radius 1 is 1.35 bits per heavy atom. The summed E-state index contributed by atoms with van der Waals surface area (Å²) in [7, 11) is 0. The van der Waals surface area contributed by atoms with Crippen LogP contribution >= 0.6 is 0 Å². The van der Waals surface area contributed by atoms with Crippen LogP contribution in [0.15, 0.2) is 0 Å². The number of nitrogens with two attached hydrogens (primary N) is 1. The third-order valence-electron chi connectivity index (χ3n) is 3.95. The molecule has 0 radical (unpaired) electrons. The second kappa shape index (κ2) is 5.83. The molecule has 2 N–H and O–H groups in total. The zero-order valence-electron chi connectivity index (χ0n) is 10.7. The van der Waals surface area contributed by atoms with Crippen molar-refractivity contribution in [2.45, 2.75) is 51.2 Å². The number of hydrogen-bond donors (Lipinski definition) is 1. The van der Waals surface area contributed by atoms with Gasteiger partial charge in [-0.25, -0.2) is 0 Å². The summed E-state index contributed by atoms with van der Waals surface area (Å²) in [5.74, 6) is 0.592. The highest BCUT2D eigenvalue weighted by Crippen LogP contribution is 2.26. The molecule has 1 heterocycles. The number of amides is 1. The fourth-order valence-electron chi connectivity index (χ4n) is 2.80. The first kappa shape index (κ1) is 12.8. The highest BCUT2D eigenvalue weighted by molar-refractivity contribution is 5.79. The summed E-state index contributed by atoms with van der Waals surface area (Å²) in [6.07, 6.45) is 5.85. The van der Waals surface area contributed by atoms with Gasteiger partial charge in [0.2, 0.25) is 5.91 Å². The monoisotopic (exact) mass is 240 g/mol. The normalized spacial score (nSPS) is 29.1. The number of carbonyl (C=O) groups excluding carboxylic acids is 1. The molecule has 2 rings (SSSR count). The molecule has 1 aliphatic heterocycles. The number of ether oxygens (including phenoxy) is 1. The van der Waals surface area contributed by atoms with Crippen LogP contribution in [0.25, 0.3) is 0 Å². The molecule has 0 aromatic carbocycles. The van der Waals surface area contributed by atoms with E-state index in [1.807, 2.05) is 11.8 Å². The molecule has 1 saturated heterocycles. The average molecular weight is 240 g/mol. The lowest BCUT2D eigenvalue weighted by Gasteiger charge is -2.37. The van der Waals surface area contributed by atoms with Crippen molar-refractivity contribution in [1.82, 2.24) is 4.90 Å². The number of carbonyl (C=O) groups is 1. The minimum Gasteiger partial charge on any atom is -0.373 e. The second-order valence-corrected chi connectivity index (χ2v) is 5.39. The highest BCUT2D eigenvalue weighted by atomic mass is 16.5. The smallest absolute Gasteiger partial charge is 0.225 e. The van der Waals surface area contributed by atoms with Crippen LogP contribution in [0.4, 0.5) is 0 Å².